The number of hydrogen-bond acceptors (Lipinski definition) is 2. The van der Waals surface area contributed by atoms with Crippen LogP contribution in [-0.4, -0.2) is 25.2 Å². The van der Waals surface area contributed by atoms with Crippen LogP contribution in [-0.2, 0) is 6.42 Å². The van der Waals surface area contributed by atoms with Crippen LogP contribution in [0.25, 0.3) is 0 Å². The number of piperazine rings is 1. The Bertz CT molecular complexity index is 271. The van der Waals surface area contributed by atoms with Gasteiger partial charge in [-0.1, -0.05) is 30.3 Å². The van der Waals surface area contributed by atoms with E-state index in [0.29, 0.717) is 12.1 Å². The summed E-state index contributed by atoms with van der Waals surface area (Å²) in [4.78, 5) is 0. The molecular formula is C12H18N2. The summed E-state index contributed by atoms with van der Waals surface area (Å²) in [5.41, 5.74) is 1.42. The van der Waals surface area contributed by atoms with Crippen molar-refractivity contribution in [2.45, 2.75) is 25.4 Å². The highest BCUT2D eigenvalue weighted by Crippen LogP contribution is 2.07. The van der Waals surface area contributed by atoms with Crippen molar-refractivity contribution in [1.82, 2.24) is 10.6 Å². The molecule has 0 aliphatic carbocycles. The lowest BCUT2D eigenvalue weighted by atomic mass is 9.99. The quantitative estimate of drug-likeness (QED) is 0.731. The van der Waals surface area contributed by atoms with Gasteiger partial charge in [0.1, 0.15) is 0 Å². The van der Waals surface area contributed by atoms with Crippen molar-refractivity contribution in [3.63, 3.8) is 0 Å². The number of benzene rings is 1. The van der Waals surface area contributed by atoms with Crippen molar-refractivity contribution in [1.29, 1.82) is 0 Å². The summed E-state index contributed by atoms with van der Waals surface area (Å²) in [5.74, 6) is 0. The molecule has 1 aliphatic rings. The van der Waals surface area contributed by atoms with E-state index in [4.69, 9.17) is 0 Å². The van der Waals surface area contributed by atoms with E-state index in [2.05, 4.69) is 47.9 Å². The van der Waals surface area contributed by atoms with Gasteiger partial charge in [0.05, 0.1) is 0 Å². The lowest BCUT2D eigenvalue weighted by Crippen LogP contribution is -2.55. The maximum absolute atomic E-state index is 3.55. The summed E-state index contributed by atoms with van der Waals surface area (Å²) < 4.78 is 0. The highest BCUT2D eigenvalue weighted by atomic mass is 15.1. The minimum atomic E-state index is 0.573. The van der Waals surface area contributed by atoms with E-state index >= 15 is 0 Å². The molecule has 2 rings (SSSR count). The van der Waals surface area contributed by atoms with Crippen LogP contribution in [0.5, 0.6) is 0 Å². The van der Waals surface area contributed by atoms with Gasteiger partial charge in [-0.15, -0.1) is 0 Å². The predicted molar refractivity (Wildman–Crippen MR) is 59.4 cm³/mol. The molecule has 1 aromatic rings. The molecule has 0 bridgehead atoms. The normalized spacial score (nSPS) is 27.5. The van der Waals surface area contributed by atoms with Crippen LogP contribution in [0.3, 0.4) is 0 Å². The molecule has 14 heavy (non-hydrogen) atoms. The van der Waals surface area contributed by atoms with Crippen LogP contribution in [0, 0.1) is 0 Å². The van der Waals surface area contributed by atoms with E-state index in [1.54, 1.807) is 0 Å². The highest BCUT2D eigenvalue weighted by molar-refractivity contribution is 5.16. The summed E-state index contributed by atoms with van der Waals surface area (Å²) in [6, 6.07) is 11.8. The molecule has 1 fully saturated rings. The molecule has 0 saturated carbocycles. The number of rotatable bonds is 2. The Morgan fingerprint density at radius 3 is 2.57 bits per heavy atom. The van der Waals surface area contributed by atoms with Gasteiger partial charge in [-0.2, -0.15) is 0 Å². The molecular weight excluding hydrogens is 172 g/mol. The van der Waals surface area contributed by atoms with Gasteiger partial charge in [0.25, 0.3) is 0 Å². The molecule has 76 valence electrons. The fourth-order valence-electron chi connectivity index (χ4n) is 1.99. The van der Waals surface area contributed by atoms with Crippen molar-refractivity contribution >= 4 is 0 Å². The Morgan fingerprint density at radius 1 is 1.14 bits per heavy atom. The zero-order chi connectivity index (χ0) is 9.80. The van der Waals surface area contributed by atoms with Gasteiger partial charge in [0, 0.05) is 25.2 Å². The number of hydrogen-bond donors (Lipinski definition) is 2. The van der Waals surface area contributed by atoms with Crippen molar-refractivity contribution < 1.29 is 0 Å². The Hall–Kier alpha value is -0.860. The van der Waals surface area contributed by atoms with Gasteiger partial charge in [-0.25, -0.2) is 0 Å². The van der Waals surface area contributed by atoms with Gasteiger partial charge in [-0.05, 0) is 18.9 Å². The fraction of sp³-hybridized carbons (Fsp3) is 0.500. The van der Waals surface area contributed by atoms with E-state index in [1.807, 2.05) is 0 Å². The van der Waals surface area contributed by atoms with Crippen molar-refractivity contribution in [2.24, 2.45) is 0 Å². The third kappa shape index (κ3) is 2.34. The largest absolute Gasteiger partial charge is 0.311 e. The molecule has 0 radical (unpaired) electrons. The predicted octanol–water partition coefficient (Wildman–Crippen LogP) is 1.18. The maximum atomic E-state index is 3.55. The van der Waals surface area contributed by atoms with E-state index in [0.717, 1.165) is 19.5 Å². The molecule has 1 saturated heterocycles. The zero-order valence-electron chi connectivity index (χ0n) is 8.66. The maximum Gasteiger partial charge on any atom is 0.0259 e. The van der Waals surface area contributed by atoms with Gasteiger partial charge < -0.3 is 10.6 Å². The first-order chi connectivity index (χ1) is 6.86. The molecule has 2 unspecified atom stereocenters. The molecule has 0 amide bonds. The smallest absolute Gasteiger partial charge is 0.0259 e. The molecule has 1 heterocycles. The van der Waals surface area contributed by atoms with Crippen molar-refractivity contribution in [2.75, 3.05) is 13.1 Å². The van der Waals surface area contributed by atoms with E-state index < -0.39 is 0 Å². The summed E-state index contributed by atoms with van der Waals surface area (Å²) >= 11 is 0. The molecule has 2 heteroatoms. The van der Waals surface area contributed by atoms with Crippen LogP contribution in [0.2, 0.25) is 0 Å². The summed E-state index contributed by atoms with van der Waals surface area (Å²) in [6.07, 6.45) is 1.12. The second-order valence-electron chi connectivity index (χ2n) is 3.99. The zero-order valence-corrected chi connectivity index (χ0v) is 8.66. The standard InChI is InChI=1S/C12H18N2/c1-10-12(14-8-7-13-10)9-11-5-3-2-4-6-11/h2-6,10,12-14H,7-9H2,1H3. The van der Waals surface area contributed by atoms with E-state index in [9.17, 15) is 0 Å². The molecule has 0 spiro atoms. The fourth-order valence-corrected chi connectivity index (χ4v) is 1.99. The van der Waals surface area contributed by atoms with Crippen molar-refractivity contribution in [3.05, 3.63) is 35.9 Å². The van der Waals surface area contributed by atoms with E-state index in [-0.39, 0.29) is 0 Å². The third-order valence-electron chi connectivity index (χ3n) is 2.90. The first-order valence-corrected chi connectivity index (χ1v) is 5.37. The second kappa shape index (κ2) is 4.58. The average Bonchev–Trinajstić information content (AvgIpc) is 2.23. The Morgan fingerprint density at radius 2 is 1.86 bits per heavy atom. The first kappa shape index (κ1) is 9.69. The van der Waals surface area contributed by atoms with Gasteiger partial charge in [0.15, 0.2) is 0 Å². The van der Waals surface area contributed by atoms with Crippen LogP contribution < -0.4 is 10.6 Å². The topological polar surface area (TPSA) is 24.1 Å². The average molecular weight is 190 g/mol. The molecule has 2 N–H and O–H groups in total. The monoisotopic (exact) mass is 190 g/mol. The summed E-state index contributed by atoms with van der Waals surface area (Å²) in [6.45, 7) is 4.42. The Labute approximate surface area is 85.7 Å². The summed E-state index contributed by atoms with van der Waals surface area (Å²) in [7, 11) is 0. The second-order valence-corrected chi connectivity index (χ2v) is 3.99. The Kier molecular flexibility index (Phi) is 3.17. The molecule has 0 aromatic heterocycles. The number of nitrogens with one attached hydrogen (secondary N) is 2. The molecule has 2 atom stereocenters. The lowest BCUT2D eigenvalue weighted by molar-refractivity contribution is 0.337. The minimum absolute atomic E-state index is 0.573. The van der Waals surface area contributed by atoms with Crippen molar-refractivity contribution in [3.8, 4) is 0 Å². The highest BCUT2D eigenvalue weighted by Gasteiger charge is 2.19. The lowest BCUT2D eigenvalue weighted by Gasteiger charge is -2.31. The third-order valence-corrected chi connectivity index (χ3v) is 2.90. The van der Waals surface area contributed by atoms with Crippen LogP contribution in [0.1, 0.15) is 12.5 Å². The van der Waals surface area contributed by atoms with Gasteiger partial charge in [0.2, 0.25) is 0 Å². The van der Waals surface area contributed by atoms with Crippen LogP contribution in [0.4, 0.5) is 0 Å². The van der Waals surface area contributed by atoms with Gasteiger partial charge in [-0.3, -0.25) is 0 Å². The summed E-state index contributed by atoms with van der Waals surface area (Å²) in [5, 5.41) is 7.04. The Balaban J connectivity index is 1.96. The first-order valence-electron chi connectivity index (χ1n) is 5.37. The molecule has 2 nitrogen and oxygen atoms in total. The van der Waals surface area contributed by atoms with Gasteiger partial charge >= 0.3 is 0 Å². The van der Waals surface area contributed by atoms with Crippen LogP contribution in [0.15, 0.2) is 30.3 Å². The minimum Gasteiger partial charge on any atom is -0.311 e. The molecule has 1 aliphatic heterocycles. The van der Waals surface area contributed by atoms with Crippen LogP contribution >= 0.6 is 0 Å². The SMILES string of the molecule is CC1NCCNC1Cc1ccccc1. The molecule has 1 aromatic carbocycles. The van der Waals surface area contributed by atoms with E-state index in [1.165, 1.54) is 5.56 Å².